The van der Waals surface area contributed by atoms with Crippen molar-refractivity contribution in [2.75, 3.05) is 6.61 Å². The summed E-state index contributed by atoms with van der Waals surface area (Å²) in [5.74, 6) is 2.33. The van der Waals surface area contributed by atoms with Gasteiger partial charge in [0.1, 0.15) is 0 Å². The molecule has 130 valence electrons. The minimum Gasteiger partial charge on any atom is -0.384 e. The Bertz CT molecular complexity index is 617. The molecule has 0 aliphatic heterocycles. The van der Waals surface area contributed by atoms with Crippen LogP contribution in [0.1, 0.15) is 38.2 Å². The number of carbonyl (C=O) groups is 1. The summed E-state index contributed by atoms with van der Waals surface area (Å²) in [6.45, 7) is 1.97. The van der Waals surface area contributed by atoms with Gasteiger partial charge in [-0.2, -0.15) is 0 Å². The van der Waals surface area contributed by atoms with Gasteiger partial charge >= 0.3 is 0 Å². The Morgan fingerprint density at radius 3 is 2.75 bits per heavy atom. The first-order chi connectivity index (χ1) is 11.5. The molecule has 1 aromatic rings. The van der Waals surface area contributed by atoms with E-state index in [0.29, 0.717) is 16.5 Å². The highest BCUT2D eigenvalue weighted by atomic mass is 35.5. The Morgan fingerprint density at radius 2 is 2.12 bits per heavy atom. The van der Waals surface area contributed by atoms with Gasteiger partial charge in [0.25, 0.3) is 5.91 Å². The van der Waals surface area contributed by atoms with Gasteiger partial charge in [-0.1, -0.05) is 23.2 Å². The standard InChI is InChI=1S/C18H24ClN3O2/c1-11(16-9-12-2-3-14(16)8-12)21-17(23)10-24-22-18(20)13-4-6-15(19)7-5-13/h4-7,11-12,14,16H,2-3,8-10H2,1H3,(H2,20,22)(H,21,23)/t11-,12-,14-,16+/m0/s1. The average Bonchev–Trinajstić information content (AvgIpc) is 3.18. The van der Waals surface area contributed by atoms with E-state index in [-0.39, 0.29) is 24.4 Å². The third-order valence-corrected chi connectivity index (χ3v) is 5.57. The minimum absolute atomic E-state index is 0.126. The molecule has 2 aliphatic carbocycles. The van der Waals surface area contributed by atoms with E-state index in [1.807, 2.05) is 0 Å². The van der Waals surface area contributed by atoms with Gasteiger partial charge in [-0.3, -0.25) is 4.79 Å². The molecule has 0 aromatic heterocycles. The van der Waals surface area contributed by atoms with Crippen LogP contribution in [0.4, 0.5) is 0 Å². The van der Waals surface area contributed by atoms with E-state index in [1.54, 1.807) is 24.3 Å². The number of hydrogen-bond acceptors (Lipinski definition) is 3. The molecule has 2 aliphatic rings. The maximum absolute atomic E-state index is 12.0. The van der Waals surface area contributed by atoms with Crippen molar-refractivity contribution in [1.82, 2.24) is 5.32 Å². The van der Waals surface area contributed by atoms with Crippen molar-refractivity contribution in [2.45, 2.75) is 38.6 Å². The second kappa shape index (κ2) is 7.43. The minimum atomic E-state index is -0.155. The van der Waals surface area contributed by atoms with Gasteiger partial charge in [-0.05, 0) is 68.2 Å². The van der Waals surface area contributed by atoms with Gasteiger partial charge in [0.2, 0.25) is 0 Å². The normalized spacial score (nSPS) is 27.1. The number of amidine groups is 1. The zero-order valence-electron chi connectivity index (χ0n) is 13.9. The number of amides is 1. The molecule has 1 amide bonds. The second-order valence-electron chi connectivity index (χ2n) is 6.95. The topological polar surface area (TPSA) is 76.7 Å². The first kappa shape index (κ1) is 17.1. The second-order valence-corrected chi connectivity index (χ2v) is 7.39. The summed E-state index contributed by atoms with van der Waals surface area (Å²) in [5.41, 5.74) is 6.53. The van der Waals surface area contributed by atoms with Gasteiger partial charge in [0.15, 0.2) is 12.4 Å². The number of oxime groups is 1. The molecule has 0 spiro atoms. The van der Waals surface area contributed by atoms with Crippen LogP contribution in [0, 0.1) is 17.8 Å². The van der Waals surface area contributed by atoms with Crippen LogP contribution in [0.3, 0.4) is 0 Å². The Balaban J connectivity index is 1.43. The predicted molar refractivity (Wildman–Crippen MR) is 94.7 cm³/mol. The number of rotatable bonds is 6. The number of nitrogens with one attached hydrogen (secondary N) is 1. The van der Waals surface area contributed by atoms with E-state index in [9.17, 15) is 4.79 Å². The molecule has 0 saturated heterocycles. The Hall–Kier alpha value is -1.75. The molecule has 4 atom stereocenters. The molecular formula is C18H24ClN3O2. The molecule has 0 unspecified atom stereocenters. The molecule has 1 aromatic carbocycles. The average molecular weight is 350 g/mol. The Kier molecular flexibility index (Phi) is 5.29. The lowest BCUT2D eigenvalue weighted by atomic mass is 9.84. The molecule has 2 bridgehead atoms. The van der Waals surface area contributed by atoms with Crippen LogP contribution in [0.2, 0.25) is 5.02 Å². The molecule has 2 fully saturated rings. The molecule has 0 heterocycles. The first-order valence-corrected chi connectivity index (χ1v) is 8.91. The van der Waals surface area contributed by atoms with Gasteiger partial charge in [0, 0.05) is 16.6 Å². The van der Waals surface area contributed by atoms with E-state index in [4.69, 9.17) is 22.2 Å². The van der Waals surface area contributed by atoms with Crippen molar-refractivity contribution in [1.29, 1.82) is 0 Å². The fraction of sp³-hybridized carbons (Fsp3) is 0.556. The molecular weight excluding hydrogens is 326 g/mol. The quantitative estimate of drug-likeness (QED) is 0.471. The summed E-state index contributed by atoms with van der Waals surface area (Å²) in [6, 6.07) is 7.14. The van der Waals surface area contributed by atoms with Crippen molar-refractivity contribution < 1.29 is 9.63 Å². The molecule has 3 N–H and O–H groups in total. The summed E-state index contributed by atoms with van der Waals surface area (Å²) in [7, 11) is 0. The highest BCUT2D eigenvalue weighted by Gasteiger charge is 2.42. The van der Waals surface area contributed by atoms with Gasteiger partial charge in [0.05, 0.1) is 0 Å². The van der Waals surface area contributed by atoms with Crippen LogP contribution >= 0.6 is 11.6 Å². The summed E-state index contributed by atoms with van der Waals surface area (Å²) in [4.78, 5) is 17.1. The third kappa shape index (κ3) is 4.01. The largest absolute Gasteiger partial charge is 0.384 e. The number of carbonyl (C=O) groups excluding carboxylic acids is 1. The van der Waals surface area contributed by atoms with Crippen LogP contribution < -0.4 is 11.1 Å². The van der Waals surface area contributed by atoms with Crippen molar-refractivity contribution >= 4 is 23.3 Å². The monoisotopic (exact) mass is 349 g/mol. The fourth-order valence-corrected chi connectivity index (χ4v) is 4.27. The number of benzene rings is 1. The number of fused-ring (bicyclic) bond motifs is 2. The van der Waals surface area contributed by atoms with E-state index in [2.05, 4.69) is 17.4 Å². The predicted octanol–water partition coefficient (Wildman–Crippen LogP) is 2.92. The van der Waals surface area contributed by atoms with Crippen LogP contribution in [-0.2, 0) is 9.63 Å². The summed E-state index contributed by atoms with van der Waals surface area (Å²) >= 11 is 5.82. The zero-order chi connectivity index (χ0) is 17.1. The molecule has 6 heteroatoms. The summed E-state index contributed by atoms with van der Waals surface area (Å²) in [5, 5.41) is 7.46. The number of nitrogens with zero attached hydrogens (tertiary/aromatic N) is 1. The highest BCUT2D eigenvalue weighted by molar-refractivity contribution is 6.30. The van der Waals surface area contributed by atoms with E-state index < -0.39 is 0 Å². The van der Waals surface area contributed by atoms with E-state index in [0.717, 1.165) is 11.8 Å². The van der Waals surface area contributed by atoms with Crippen LogP contribution in [-0.4, -0.2) is 24.4 Å². The fourth-order valence-electron chi connectivity index (χ4n) is 4.14. The summed E-state index contributed by atoms with van der Waals surface area (Å²) < 4.78 is 0. The lowest BCUT2D eigenvalue weighted by Crippen LogP contribution is -2.41. The SMILES string of the molecule is C[C@H](NC(=O)CO/N=C(/N)c1ccc(Cl)cc1)[C@H]1C[C@H]2CC[C@H]1C2. The maximum Gasteiger partial charge on any atom is 0.260 e. The lowest BCUT2D eigenvalue weighted by Gasteiger charge is -2.28. The Labute approximate surface area is 147 Å². The zero-order valence-corrected chi connectivity index (χ0v) is 14.6. The van der Waals surface area contributed by atoms with Crippen molar-refractivity contribution in [3.63, 3.8) is 0 Å². The van der Waals surface area contributed by atoms with E-state index in [1.165, 1.54) is 25.7 Å². The Morgan fingerprint density at radius 1 is 1.38 bits per heavy atom. The lowest BCUT2D eigenvalue weighted by molar-refractivity contribution is -0.126. The van der Waals surface area contributed by atoms with Gasteiger partial charge in [-0.15, -0.1) is 0 Å². The van der Waals surface area contributed by atoms with Crippen LogP contribution in [0.15, 0.2) is 29.4 Å². The molecule has 0 radical (unpaired) electrons. The van der Waals surface area contributed by atoms with Gasteiger partial charge in [-0.25, -0.2) is 0 Å². The smallest absolute Gasteiger partial charge is 0.260 e. The highest BCUT2D eigenvalue weighted by Crippen LogP contribution is 2.49. The van der Waals surface area contributed by atoms with Crippen molar-refractivity contribution in [3.05, 3.63) is 34.9 Å². The van der Waals surface area contributed by atoms with Crippen LogP contribution in [0.25, 0.3) is 0 Å². The third-order valence-electron chi connectivity index (χ3n) is 5.32. The van der Waals surface area contributed by atoms with Crippen molar-refractivity contribution in [2.24, 2.45) is 28.6 Å². The first-order valence-electron chi connectivity index (χ1n) is 8.53. The number of hydrogen-bond donors (Lipinski definition) is 2. The number of halogens is 1. The van der Waals surface area contributed by atoms with Crippen molar-refractivity contribution in [3.8, 4) is 0 Å². The van der Waals surface area contributed by atoms with Gasteiger partial charge < -0.3 is 15.9 Å². The maximum atomic E-state index is 12.0. The molecule has 5 nitrogen and oxygen atoms in total. The molecule has 2 saturated carbocycles. The van der Waals surface area contributed by atoms with Crippen LogP contribution in [0.5, 0.6) is 0 Å². The number of nitrogens with two attached hydrogens (primary N) is 1. The van der Waals surface area contributed by atoms with E-state index >= 15 is 0 Å². The summed E-state index contributed by atoms with van der Waals surface area (Å²) in [6.07, 6.45) is 5.26. The molecule has 3 rings (SSSR count). The molecule has 24 heavy (non-hydrogen) atoms.